The van der Waals surface area contributed by atoms with Crippen molar-refractivity contribution in [3.63, 3.8) is 0 Å². The molecule has 0 rings (SSSR count). The Morgan fingerprint density at radius 3 is 2.00 bits per heavy atom. The third-order valence-corrected chi connectivity index (χ3v) is 2.20. The predicted molar refractivity (Wildman–Crippen MR) is 54.2 cm³/mol. The lowest BCUT2D eigenvalue weighted by Crippen LogP contribution is -2.15. The maximum Gasteiger partial charge on any atom is 0.0563 e. The van der Waals surface area contributed by atoms with Gasteiger partial charge in [0.2, 0.25) is 0 Å². The molecule has 0 aromatic rings. The van der Waals surface area contributed by atoms with Crippen LogP contribution < -0.4 is 0 Å². The van der Waals surface area contributed by atoms with E-state index in [0.717, 1.165) is 12.8 Å². The Morgan fingerprint density at radius 2 is 1.67 bits per heavy atom. The van der Waals surface area contributed by atoms with Gasteiger partial charge in [-0.05, 0) is 24.2 Å². The van der Waals surface area contributed by atoms with Crippen LogP contribution in [0.2, 0.25) is 0 Å². The Balaban J connectivity index is 3.44. The Morgan fingerprint density at radius 1 is 1.17 bits per heavy atom. The van der Waals surface area contributed by atoms with E-state index in [-0.39, 0.29) is 6.10 Å². The lowest BCUT2D eigenvalue weighted by molar-refractivity contribution is 0.109. The standard InChI is InChI=1S/C11H24O/c1-9(2)10(12)7-6-8-11(3,4)5/h9-10,12H,6-8H2,1-5H3/t10-/m1/s1. The summed E-state index contributed by atoms with van der Waals surface area (Å²) in [5, 5.41) is 9.52. The minimum Gasteiger partial charge on any atom is -0.393 e. The molecule has 0 aromatic heterocycles. The van der Waals surface area contributed by atoms with Crippen LogP contribution in [0.5, 0.6) is 0 Å². The number of hydrogen-bond donors (Lipinski definition) is 1. The van der Waals surface area contributed by atoms with Crippen molar-refractivity contribution in [2.45, 2.75) is 60.0 Å². The van der Waals surface area contributed by atoms with Crippen molar-refractivity contribution >= 4 is 0 Å². The molecule has 0 aliphatic carbocycles. The Kier molecular flexibility index (Phi) is 4.84. The van der Waals surface area contributed by atoms with E-state index in [2.05, 4.69) is 34.6 Å². The van der Waals surface area contributed by atoms with Crippen LogP contribution in [0.3, 0.4) is 0 Å². The van der Waals surface area contributed by atoms with Crippen molar-refractivity contribution in [3.8, 4) is 0 Å². The molecule has 0 bridgehead atoms. The molecule has 0 spiro atoms. The molecule has 1 N–H and O–H groups in total. The fourth-order valence-electron chi connectivity index (χ4n) is 1.17. The van der Waals surface area contributed by atoms with Gasteiger partial charge in [0, 0.05) is 0 Å². The van der Waals surface area contributed by atoms with Crippen molar-refractivity contribution in [1.82, 2.24) is 0 Å². The first-order chi connectivity index (χ1) is 5.33. The van der Waals surface area contributed by atoms with Crippen molar-refractivity contribution in [1.29, 1.82) is 0 Å². The van der Waals surface area contributed by atoms with Gasteiger partial charge in [0.15, 0.2) is 0 Å². The van der Waals surface area contributed by atoms with Crippen LogP contribution in [0.4, 0.5) is 0 Å². The molecule has 0 aromatic carbocycles. The van der Waals surface area contributed by atoms with E-state index < -0.39 is 0 Å². The topological polar surface area (TPSA) is 20.2 Å². The van der Waals surface area contributed by atoms with Gasteiger partial charge in [0.1, 0.15) is 0 Å². The van der Waals surface area contributed by atoms with Crippen LogP contribution in [-0.2, 0) is 0 Å². The molecule has 0 fully saturated rings. The molecular formula is C11H24O. The lowest BCUT2D eigenvalue weighted by atomic mass is 9.88. The van der Waals surface area contributed by atoms with Crippen molar-refractivity contribution < 1.29 is 5.11 Å². The maximum atomic E-state index is 9.52. The van der Waals surface area contributed by atoms with Crippen LogP contribution >= 0.6 is 0 Å². The van der Waals surface area contributed by atoms with Gasteiger partial charge in [0.05, 0.1) is 6.10 Å². The second-order valence-corrected chi connectivity index (χ2v) is 5.26. The predicted octanol–water partition coefficient (Wildman–Crippen LogP) is 3.22. The summed E-state index contributed by atoms with van der Waals surface area (Å²) in [4.78, 5) is 0. The van der Waals surface area contributed by atoms with Gasteiger partial charge in [0.25, 0.3) is 0 Å². The fourth-order valence-corrected chi connectivity index (χ4v) is 1.17. The molecule has 0 radical (unpaired) electrons. The highest BCUT2D eigenvalue weighted by atomic mass is 16.3. The van der Waals surface area contributed by atoms with E-state index in [1.54, 1.807) is 0 Å². The Bertz CT molecular complexity index is 111. The number of rotatable bonds is 4. The molecule has 1 heteroatoms. The molecule has 1 atom stereocenters. The summed E-state index contributed by atoms with van der Waals surface area (Å²) in [6, 6.07) is 0. The zero-order chi connectivity index (χ0) is 9.78. The van der Waals surface area contributed by atoms with Gasteiger partial charge in [-0.15, -0.1) is 0 Å². The van der Waals surface area contributed by atoms with Gasteiger partial charge in [-0.3, -0.25) is 0 Å². The maximum absolute atomic E-state index is 9.52. The fraction of sp³-hybridized carbons (Fsp3) is 1.00. The summed E-state index contributed by atoms with van der Waals surface area (Å²) in [6.45, 7) is 10.9. The summed E-state index contributed by atoms with van der Waals surface area (Å²) < 4.78 is 0. The molecule has 0 saturated heterocycles. The van der Waals surface area contributed by atoms with Gasteiger partial charge in [-0.1, -0.05) is 41.0 Å². The van der Waals surface area contributed by atoms with E-state index in [9.17, 15) is 5.11 Å². The quantitative estimate of drug-likeness (QED) is 0.690. The Labute approximate surface area is 77.2 Å². The molecule has 74 valence electrons. The van der Waals surface area contributed by atoms with E-state index in [1.165, 1.54) is 6.42 Å². The number of hydrogen-bond acceptors (Lipinski definition) is 1. The zero-order valence-corrected chi connectivity index (χ0v) is 9.22. The van der Waals surface area contributed by atoms with Crippen LogP contribution in [0.15, 0.2) is 0 Å². The molecule has 0 aliphatic rings. The van der Waals surface area contributed by atoms with E-state index in [4.69, 9.17) is 0 Å². The molecule has 0 aliphatic heterocycles. The molecule has 1 nitrogen and oxygen atoms in total. The average Bonchev–Trinajstić information content (AvgIpc) is 1.84. The third kappa shape index (κ3) is 6.66. The zero-order valence-electron chi connectivity index (χ0n) is 9.22. The highest BCUT2D eigenvalue weighted by molar-refractivity contribution is 4.65. The summed E-state index contributed by atoms with van der Waals surface area (Å²) in [6.07, 6.45) is 3.20. The molecule has 0 saturated carbocycles. The first-order valence-corrected chi connectivity index (χ1v) is 5.01. The van der Waals surface area contributed by atoms with Crippen LogP contribution in [0.1, 0.15) is 53.9 Å². The van der Waals surface area contributed by atoms with Crippen molar-refractivity contribution in [3.05, 3.63) is 0 Å². The van der Waals surface area contributed by atoms with E-state index >= 15 is 0 Å². The smallest absolute Gasteiger partial charge is 0.0563 e. The normalized spacial score (nSPS) is 15.2. The van der Waals surface area contributed by atoms with Gasteiger partial charge < -0.3 is 5.11 Å². The second-order valence-electron chi connectivity index (χ2n) is 5.26. The van der Waals surface area contributed by atoms with Gasteiger partial charge >= 0.3 is 0 Å². The third-order valence-electron chi connectivity index (χ3n) is 2.20. The van der Waals surface area contributed by atoms with Crippen LogP contribution in [-0.4, -0.2) is 11.2 Å². The molecule has 0 heterocycles. The molecular weight excluding hydrogens is 148 g/mol. The van der Waals surface area contributed by atoms with Crippen LogP contribution in [0.25, 0.3) is 0 Å². The number of aliphatic hydroxyl groups is 1. The Hall–Kier alpha value is -0.0400. The first-order valence-electron chi connectivity index (χ1n) is 5.01. The van der Waals surface area contributed by atoms with Gasteiger partial charge in [-0.25, -0.2) is 0 Å². The van der Waals surface area contributed by atoms with Crippen LogP contribution in [0, 0.1) is 11.3 Å². The monoisotopic (exact) mass is 172 g/mol. The average molecular weight is 172 g/mol. The molecule has 12 heavy (non-hydrogen) atoms. The lowest BCUT2D eigenvalue weighted by Gasteiger charge is -2.20. The van der Waals surface area contributed by atoms with E-state index in [1.807, 2.05) is 0 Å². The molecule has 0 amide bonds. The van der Waals surface area contributed by atoms with Crippen molar-refractivity contribution in [2.75, 3.05) is 0 Å². The van der Waals surface area contributed by atoms with Gasteiger partial charge in [-0.2, -0.15) is 0 Å². The number of aliphatic hydroxyl groups excluding tert-OH is 1. The second kappa shape index (κ2) is 4.86. The highest BCUT2D eigenvalue weighted by Gasteiger charge is 2.13. The largest absolute Gasteiger partial charge is 0.393 e. The minimum absolute atomic E-state index is 0.104. The summed E-state index contributed by atoms with van der Waals surface area (Å²) in [5.74, 6) is 0.407. The summed E-state index contributed by atoms with van der Waals surface area (Å²) in [5.41, 5.74) is 0.413. The van der Waals surface area contributed by atoms with E-state index in [0.29, 0.717) is 11.3 Å². The van der Waals surface area contributed by atoms with Crippen molar-refractivity contribution in [2.24, 2.45) is 11.3 Å². The summed E-state index contributed by atoms with van der Waals surface area (Å²) in [7, 11) is 0. The first kappa shape index (κ1) is 12.0. The molecule has 0 unspecified atom stereocenters. The highest BCUT2D eigenvalue weighted by Crippen LogP contribution is 2.22. The minimum atomic E-state index is -0.104. The summed E-state index contributed by atoms with van der Waals surface area (Å²) >= 11 is 0. The SMILES string of the molecule is CC(C)[C@H](O)CCCC(C)(C)C.